The molecule has 0 aliphatic carbocycles. The molecule has 1 aromatic carbocycles. The van der Waals surface area contributed by atoms with Crippen LogP contribution in [0.3, 0.4) is 0 Å². The van der Waals surface area contributed by atoms with Gasteiger partial charge in [-0.2, -0.15) is 0 Å². The van der Waals surface area contributed by atoms with E-state index in [1.807, 2.05) is 13.8 Å². The molecule has 2 aliphatic rings. The maximum Gasteiger partial charge on any atom is 0.316 e. The van der Waals surface area contributed by atoms with Gasteiger partial charge in [0.1, 0.15) is 11.7 Å². The van der Waals surface area contributed by atoms with Gasteiger partial charge in [0.2, 0.25) is 0 Å². The van der Waals surface area contributed by atoms with Crippen molar-refractivity contribution in [3.8, 4) is 0 Å². The van der Waals surface area contributed by atoms with Crippen molar-refractivity contribution in [2.24, 2.45) is 10.9 Å². The predicted molar refractivity (Wildman–Crippen MR) is 124 cm³/mol. The van der Waals surface area contributed by atoms with E-state index in [1.165, 1.54) is 61.6 Å². The van der Waals surface area contributed by atoms with Gasteiger partial charge in [0.05, 0.1) is 0 Å². The van der Waals surface area contributed by atoms with E-state index < -0.39 is 41.3 Å². The number of amidine groups is 1. The number of hydrogen-bond acceptors (Lipinski definition) is 6. The van der Waals surface area contributed by atoms with Crippen molar-refractivity contribution < 1.29 is 28.4 Å². The number of ketones is 1. The Kier molecular flexibility index (Phi) is 7.58. The number of hydrogen-bond donors (Lipinski definition) is 1. The summed E-state index contributed by atoms with van der Waals surface area (Å²) in [5.41, 5.74) is 0.890. The minimum Gasteiger partial charge on any atom is -0.350 e. The molecule has 184 valence electrons. The smallest absolute Gasteiger partial charge is 0.316 e. The first-order valence-electron chi connectivity index (χ1n) is 10.9. The van der Waals surface area contributed by atoms with Crippen molar-refractivity contribution in [3.63, 3.8) is 0 Å². The van der Waals surface area contributed by atoms with Crippen LogP contribution in [0.2, 0.25) is 0 Å². The van der Waals surface area contributed by atoms with Crippen molar-refractivity contribution in [1.29, 1.82) is 0 Å². The number of nitrogens with zero attached hydrogens (tertiary/aromatic N) is 4. The van der Waals surface area contributed by atoms with Crippen LogP contribution in [0, 0.1) is 11.7 Å². The number of halogens is 1. The largest absolute Gasteiger partial charge is 0.350 e. The number of allylic oxidation sites excluding steroid dienone is 1. The molecule has 0 radical (unpaired) electrons. The Hall–Kier alpha value is -4.15. The Labute approximate surface area is 201 Å². The number of likely N-dealkylation sites (N-methyl/N-ethyl adjacent to an activating group) is 1. The number of amides is 4. The molecule has 1 N–H and O–H groups in total. The highest BCUT2D eigenvalue weighted by molar-refractivity contribution is 6.47. The van der Waals surface area contributed by atoms with Gasteiger partial charge in [-0.25, -0.2) is 9.38 Å². The molecule has 3 rings (SSSR count). The number of carbonyl (C=O) groups is 5. The van der Waals surface area contributed by atoms with Crippen molar-refractivity contribution in [1.82, 2.24) is 20.0 Å². The van der Waals surface area contributed by atoms with E-state index in [4.69, 9.17) is 0 Å². The molecule has 0 saturated carbocycles. The van der Waals surface area contributed by atoms with Crippen LogP contribution < -0.4 is 5.32 Å². The van der Waals surface area contributed by atoms with Gasteiger partial charge >= 0.3 is 17.7 Å². The van der Waals surface area contributed by atoms with Gasteiger partial charge in [-0.3, -0.25) is 28.9 Å². The predicted octanol–water partition coefficient (Wildman–Crippen LogP) is 0.604. The molecule has 0 fully saturated rings. The third kappa shape index (κ3) is 5.68. The molecule has 0 bridgehead atoms. The van der Waals surface area contributed by atoms with Gasteiger partial charge in [0.15, 0.2) is 6.04 Å². The first-order valence-corrected chi connectivity index (χ1v) is 10.9. The lowest BCUT2D eigenvalue weighted by molar-refractivity contribution is -0.149. The van der Waals surface area contributed by atoms with Crippen LogP contribution in [0.4, 0.5) is 4.39 Å². The average Bonchev–Trinajstić information content (AvgIpc) is 2.82. The van der Waals surface area contributed by atoms with E-state index in [2.05, 4.69) is 10.3 Å². The number of Topliss-reactive ketones (excluding diaryl/α,β-unsaturated/α-hetero) is 1. The topological polar surface area (TPSA) is 119 Å². The second kappa shape index (κ2) is 10.4. The molecule has 0 saturated heterocycles. The summed E-state index contributed by atoms with van der Waals surface area (Å²) >= 11 is 0. The van der Waals surface area contributed by atoms with Crippen molar-refractivity contribution in [2.75, 3.05) is 20.6 Å². The van der Waals surface area contributed by atoms with E-state index in [1.54, 1.807) is 0 Å². The third-order valence-electron chi connectivity index (χ3n) is 5.18. The van der Waals surface area contributed by atoms with E-state index in [-0.39, 0.29) is 24.8 Å². The molecule has 2 aliphatic heterocycles. The van der Waals surface area contributed by atoms with E-state index >= 15 is 0 Å². The highest BCUT2D eigenvalue weighted by atomic mass is 19.1. The lowest BCUT2D eigenvalue weighted by Gasteiger charge is -2.32. The number of nitrogens with one attached hydrogen (secondary N) is 1. The van der Waals surface area contributed by atoms with Gasteiger partial charge in [-0.15, -0.1) is 0 Å². The van der Waals surface area contributed by atoms with Crippen LogP contribution >= 0.6 is 0 Å². The fraction of sp³-hybridized carbons (Fsp3) is 0.333. The molecule has 1 aromatic rings. The summed E-state index contributed by atoms with van der Waals surface area (Å²) in [6.07, 6.45) is 4.10. The van der Waals surface area contributed by atoms with Crippen LogP contribution in [0.1, 0.15) is 19.4 Å². The maximum absolute atomic E-state index is 13.1. The summed E-state index contributed by atoms with van der Waals surface area (Å²) < 4.78 is 13.1. The molecule has 35 heavy (non-hydrogen) atoms. The molecule has 11 heteroatoms. The Morgan fingerprint density at radius 2 is 1.77 bits per heavy atom. The lowest BCUT2D eigenvalue weighted by Crippen LogP contribution is -2.52. The zero-order valence-electron chi connectivity index (χ0n) is 19.8. The summed E-state index contributed by atoms with van der Waals surface area (Å²) in [6.45, 7) is 3.98. The Bertz CT molecular complexity index is 1150. The SMILES string of the molecule is CC(C)CN(C(=O)C(=O)N(C)C)C1=CC2=NC(C(=O)NCc3ccc(F)cc3)C(=O)C(=O)N2C=C1. The minimum absolute atomic E-state index is 0.00658. The second-order valence-corrected chi connectivity index (χ2v) is 8.67. The van der Waals surface area contributed by atoms with E-state index in [9.17, 15) is 28.4 Å². The first kappa shape index (κ1) is 25.5. The highest BCUT2D eigenvalue weighted by Gasteiger charge is 2.41. The van der Waals surface area contributed by atoms with Gasteiger partial charge in [0, 0.05) is 45.2 Å². The van der Waals surface area contributed by atoms with Crippen molar-refractivity contribution >= 4 is 35.2 Å². The second-order valence-electron chi connectivity index (χ2n) is 8.67. The number of aliphatic imine (C=N–C) groups is 1. The monoisotopic (exact) mass is 483 g/mol. The first-order chi connectivity index (χ1) is 16.5. The van der Waals surface area contributed by atoms with Crippen LogP contribution in [0.15, 0.2) is 53.3 Å². The molecule has 2 heterocycles. The van der Waals surface area contributed by atoms with Gasteiger partial charge in [-0.1, -0.05) is 26.0 Å². The van der Waals surface area contributed by atoms with E-state index in [0.717, 1.165) is 9.80 Å². The molecule has 0 aromatic heterocycles. The molecular formula is C24H26FN5O5. The summed E-state index contributed by atoms with van der Waals surface area (Å²) in [5, 5.41) is 2.53. The summed E-state index contributed by atoms with van der Waals surface area (Å²) in [4.78, 5) is 70.5. The highest BCUT2D eigenvalue weighted by Crippen LogP contribution is 2.21. The fourth-order valence-electron chi connectivity index (χ4n) is 3.39. The van der Waals surface area contributed by atoms with Crippen LogP contribution in [-0.4, -0.2) is 76.6 Å². The normalized spacial score (nSPS) is 17.0. The molecule has 1 atom stereocenters. The van der Waals surface area contributed by atoms with Crippen molar-refractivity contribution in [2.45, 2.75) is 26.4 Å². The summed E-state index contributed by atoms with van der Waals surface area (Å²) in [7, 11) is 2.93. The van der Waals surface area contributed by atoms with Gasteiger partial charge in [0.25, 0.3) is 11.7 Å². The van der Waals surface area contributed by atoms with Crippen molar-refractivity contribution in [3.05, 3.63) is 59.7 Å². The number of benzene rings is 1. The number of rotatable bonds is 6. The molecule has 1 unspecified atom stereocenters. The Morgan fingerprint density at radius 3 is 2.37 bits per heavy atom. The zero-order chi connectivity index (χ0) is 25.9. The lowest BCUT2D eigenvalue weighted by atomic mass is 10.1. The molecular weight excluding hydrogens is 457 g/mol. The van der Waals surface area contributed by atoms with E-state index in [0.29, 0.717) is 11.3 Å². The quantitative estimate of drug-likeness (QED) is 0.470. The van der Waals surface area contributed by atoms with Gasteiger partial charge in [-0.05, 0) is 29.7 Å². The Balaban J connectivity index is 1.87. The van der Waals surface area contributed by atoms with Crippen LogP contribution in [0.25, 0.3) is 0 Å². The van der Waals surface area contributed by atoms with Gasteiger partial charge < -0.3 is 15.1 Å². The van der Waals surface area contributed by atoms with Crippen LogP contribution in [0.5, 0.6) is 0 Å². The molecule has 0 spiro atoms. The van der Waals surface area contributed by atoms with Crippen LogP contribution in [-0.2, 0) is 30.5 Å². The Morgan fingerprint density at radius 1 is 1.11 bits per heavy atom. The fourth-order valence-corrected chi connectivity index (χ4v) is 3.39. The average molecular weight is 484 g/mol. The molecule has 4 amide bonds. The number of fused-ring (bicyclic) bond motifs is 1. The summed E-state index contributed by atoms with van der Waals surface area (Å²) in [6, 6.07) is 3.82. The standard InChI is InChI=1S/C24H26FN5O5/c1-14(2)13-30(24(35)23(34)28(3)4)17-9-10-29-18(11-17)27-19(20(31)22(29)33)21(32)26-12-15-5-7-16(25)8-6-15/h5-11,14,19H,12-13H2,1-4H3,(H,26,32). The summed E-state index contributed by atoms with van der Waals surface area (Å²) in [5.74, 6) is -4.65. The number of carbonyl (C=O) groups excluding carboxylic acids is 5. The third-order valence-corrected chi connectivity index (χ3v) is 5.18. The maximum atomic E-state index is 13.1. The minimum atomic E-state index is -1.61. The molecule has 10 nitrogen and oxygen atoms in total. The zero-order valence-corrected chi connectivity index (χ0v) is 19.8.